The number of aromatic nitrogens is 1. The Kier molecular flexibility index (Phi) is 4.43. The van der Waals surface area contributed by atoms with E-state index in [-0.39, 0.29) is 11.2 Å². The molecule has 0 atom stereocenters. The Bertz CT molecular complexity index is 653. The van der Waals surface area contributed by atoms with Crippen molar-refractivity contribution in [2.45, 2.75) is 26.4 Å². The summed E-state index contributed by atoms with van der Waals surface area (Å²) in [5.41, 5.74) is 0.643. The molecule has 5 nitrogen and oxygen atoms in total. The lowest BCUT2D eigenvalue weighted by molar-refractivity contribution is 0.000641. The average Bonchev–Trinajstić information content (AvgIpc) is 2.44. The Balaban J connectivity index is 2.22. The Hall–Kier alpha value is -2.14. The molecular formula is C16H20N2O3. The van der Waals surface area contributed by atoms with Gasteiger partial charge in [0.05, 0.1) is 16.7 Å². The highest BCUT2D eigenvalue weighted by molar-refractivity contribution is 6.02. The third-order valence-electron chi connectivity index (χ3n) is 3.19. The van der Waals surface area contributed by atoms with Crippen LogP contribution in [0.25, 0.3) is 10.9 Å². The first kappa shape index (κ1) is 15.3. The number of nitrogens with one attached hydrogen (secondary N) is 1. The van der Waals surface area contributed by atoms with E-state index in [1.54, 1.807) is 30.3 Å². The van der Waals surface area contributed by atoms with Gasteiger partial charge in [-0.2, -0.15) is 0 Å². The highest BCUT2D eigenvalue weighted by Crippen LogP contribution is 2.20. The number of aromatic carboxylic acids is 1. The van der Waals surface area contributed by atoms with Crippen LogP contribution in [0.15, 0.2) is 30.3 Å². The highest BCUT2D eigenvalue weighted by Gasteiger charge is 2.17. The minimum Gasteiger partial charge on any atom is -0.478 e. The fraction of sp³-hybridized carbons (Fsp3) is 0.375. The fourth-order valence-electron chi connectivity index (χ4n) is 2.19. The lowest BCUT2D eigenvalue weighted by Gasteiger charge is -2.25. The van der Waals surface area contributed by atoms with Gasteiger partial charge in [-0.25, -0.2) is 9.78 Å². The summed E-state index contributed by atoms with van der Waals surface area (Å²) in [6, 6.07) is 8.66. The van der Waals surface area contributed by atoms with E-state index in [1.165, 1.54) is 0 Å². The normalized spacial score (nSPS) is 11.6. The SMILES string of the molecule is CCOC(C)(C)CNc1ccc2c(C(=O)O)cccc2n1. The second-order valence-electron chi connectivity index (χ2n) is 5.42. The molecule has 112 valence electrons. The summed E-state index contributed by atoms with van der Waals surface area (Å²) in [4.78, 5) is 15.6. The molecule has 0 spiro atoms. The highest BCUT2D eigenvalue weighted by atomic mass is 16.5. The van der Waals surface area contributed by atoms with Crippen LogP contribution in [-0.2, 0) is 4.74 Å². The Morgan fingerprint density at radius 1 is 1.33 bits per heavy atom. The first-order valence-electron chi connectivity index (χ1n) is 6.94. The molecule has 0 amide bonds. The molecule has 21 heavy (non-hydrogen) atoms. The van der Waals surface area contributed by atoms with E-state index in [0.717, 1.165) is 0 Å². The summed E-state index contributed by atoms with van der Waals surface area (Å²) in [6.45, 7) is 7.25. The van der Waals surface area contributed by atoms with Crippen molar-refractivity contribution in [1.29, 1.82) is 0 Å². The molecule has 2 rings (SSSR count). The van der Waals surface area contributed by atoms with Gasteiger partial charge >= 0.3 is 5.97 Å². The maximum atomic E-state index is 11.2. The monoisotopic (exact) mass is 288 g/mol. The van der Waals surface area contributed by atoms with Crippen molar-refractivity contribution >= 4 is 22.7 Å². The van der Waals surface area contributed by atoms with Crippen molar-refractivity contribution in [2.75, 3.05) is 18.5 Å². The van der Waals surface area contributed by atoms with Crippen LogP contribution in [0.5, 0.6) is 0 Å². The molecule has 0 radical (unpaired) electrons. The van der Waals surface area contributed by atoms with E-state index in [4.69, 9.17) is 9.84 Å². The third-order valence-corrected chi connectivity index (χ3v) is 3.19. The van der Waals surface area contributed by atoms with Gasteiger partial charge in [-0.3, -0.25) is 0 Å². The van der Waals surface area contributed by atoms with Crippen molar-refractivity contribution in [1.82, 2.24) is 4.98 Å². The first-order valence-corrected chi connectivity index (χ1v) is 6.94. The van der Waals surface area contributed by atoms with Gasteiger partial charge < -0.3 is 15.2 Å². The van der Waals surface area contributed by atoms with Crippen molar-refractivity contribution in [3.05, 3.63) is 35.9 Å². The maximum Gasteiger partial charge on any atom is 0.336 e. The second kappa shape index (κ2) is 6.10. The van der Waals surface area contributed by atoms with Crippen LogP contribution in [0.2, 0.25) is 0 Å². The summed E-state index contributed by atoms with van der Waals surface area (Å²) in [7, 11) is 0. The molecular weight excluding hydrogens is 268 g/mol. The van der Waals surface area contributed by atoms with Crippen LogP contribution in [0, 0.1) is 0 Å². The van der Waals surface area contributed by atoms with Gasteiger partial charge in [-0.15, -0.1) is 0 Å². The van der Waals surface area contributed by atoms with Crippen LogP contribution >= 0.6 is 0 Å². The lowest BCUT2D eigenvalue weighted by Crippen LogP contribution is -2.33. The topological polar surface area (TPSA) is 71.5 Å². The van der Waals surface area contributed by atoms with Crippen LogP contribution in [-0.4, -0.2) is 34.8 Å². The standard InChI is InChI=1S/C16H20N2O3/c1-4-21-16(2,3)10-17-14-9-8-11-12(15(19)20)6-5-7-13(11)18-14/h5-9H,4,10H2,1-3H3,(H,17,18)(H,19,20). The van der Waals surface area contributed by atoms with Crippen molar-refractivity contribution < 1.29 is 14.6 Å². The molecule has 0 aliphatic rings. The number of anilines is 1. The minimum atomic E-state index is -0.944. The van der Waals surface area contributed by atoms with Crippen LogP contribution < -0.4 is 5.32 Å². The Morgan fingerprint density at radius 2 is 2.10 bits per heavy atom. The van der Waals surface area contributed by atoms with E-state index in [0.29, 0.717) is 29.9 Å². The molecule has 1 aromatic heterocycles. The lowest BCUT2D eigenvalue weighted by atomic mass is 10.1. The van der Waals surface area contributed by atoms with Gasteiger partial charge in [0.1, 0.15) is 5.82 Å². The predicted octanol–water partition coefficient (Wildman–Crippen LogP) is 3.16. The summed E-state index contributed by atoms with van der Waals surface area (Å²) in [5.74, 6) is -0.238. The smallest absolute Gasteiger partial charge is 0.336 e. The van der Waals surface area contributed by atoms with Crippen LogP contribution in [0.3, 0.4) is 0 Å². The fourth-order valence-corrected chi connectivity index (χ4v) is 2.19. The summed E-state index contributed by atoms with van der Waals surface area (Å²) in [5, 5.41) is 13.0. The quantitative estimate of drug-likeness (QED) is 0.854. The number of carboxylic acid groups (broad SMARTS) is 1. The molecule has 0 saturated carbocycles. The number of rotatable bonds is 6. The molecule has 1 aromatic carbocycles. The number of pyridine rings is 1. The number of fused-ring (bicyclic) bond motifs is 1. The van der Waals surface area contributed by atoms with Gasteiger partial charge in [0.25, 0.3) is 0 Å². The average molecular weight is 288 g/mol. The van der Waals surface area contributed by atoms with Crippen molar-refractivity contribution in [3.63, 3.8) is 0 Å². The van der Waals surface area contributed by atoms with Crippen molar-refractivity contribution in [3.8, 4) is 0 Å². The van der Waals surface area contributed by atoms with Crippen LogP contribution in [0.4, 0.5) is 5.82 Å². The van der Waals surface area contributed by atoms with Gasteiger partial charge in [0.15, 0.2) is 0 Å². The first-order chi connectivity index (χ1) is 9.93. The zero-order valence-corrected chi connectivity index (χ0v) is 12.5. The summed E-state index contributed by atoms with van der Waals surface area (Å²) < 4.78 is 5.62. The molecule has 0 fully saturated rings. The Labute approximate surface area is 124 Å². The number of hydrogen-bond acceptors (Lipinski definition) is 4. The van der Waals surface area contributed by atoms with Gasteiger partial charge in [0, 0.05) is 18.5 Å². The van der Waals surface area contributed by atoms with E-state index < -0.39 is 5.97 Å². The molecule has 5 heteroatoms. The largest absolute Gasteiger partial charge is 0.478 e. The third kappa shape index (κ3) is 3.70. The number of carbonyl (C=O) groups is 1. The van der Waals surface area contributed by atoms with E-state index in [9.17, 15) is 4.79 Å². The second-order valence-corrected chi connectivity index (χ2v) is 5.42. The number of hydrogen-bond donors (Lipinski definition) is 2. The number of nitrogens with zero attached hydrogens (tertiary/aromatic N) is 1. The zero-order valence-electron chi connectivity index (χ0n) is 12.5. The molecule has 0 aliphatic carbocycles. The van der Waals surface area contributed by atoms with E-state index in [2.05, 4.69) is 10.3 Å². The molecule has 2 N–H and O–H groups in total. The summed E-state index contributed by atoms with van der Waals surface area (Å²) in [6.07, 6.45) is 0. The van der Waals surface area contributed by atoms with E-state index >= 15 is 0 Å². The molecule has 0 bridgehead atoms. The Morgan fingerprint density at radius 3 is 2.76 bits per heavy atom. The summed E-state index contributed by atoms with van der Waals surface area (Å²) >= 11 is 0. The number of carboxylic acids is 1. The number of benzene rings is 1. The minimum absolute atomic E-state index is 0.265. The predicted molar refractivity (Wildman–Crippen MR) is 82.9 cm³/mol. The maximum absolute atomic E-state index is 11.2. The van der Waals surface area contributed by atoms with Gasteiger partial charge in [-0.1, -0.05) is 6.07 Å². The molecule has 1 heterocycles. The number of ether oxygens (including phenoxy) is 1. The van der Waals surface area contributed by atoms with Gasteiger partial charge in [0.2, 0.25) is 0 Å². The van der Waals surface area contributed by atoms with Crippen LogP contribution in [0.1, 0.15) is 31.1 Å². The van der Waals surface area contributed by atoms with E-state index in [1.807, 2.05) is 20.8 Å². The molecule has 2 aromatic rings. The van der Waals surface area contributed by atoms with Gasteiger partial charge in [-0.05, 0) is 45.0 Å². The molecule has 0 aliphatic heterocycles. The molecule has 0 saturated heterocycles. The molecule has 0 unspecified atom stereocenters. The zero-order chi connectivity index (χ0) is 15.5. The van der Waals surface area contributed by atoms with Crippen molar-refractivity contribution in [2.24, 2.45) is 0 Å².